The van der Waals surface area contributed by atoms with Crippen LogP contribution in [0.3, 0.4) is 0 Å². The van der Waals surface area contributed by atoms with Crippen LogP contribution in [0.2, 0.25) is 0 Å². The summed E-state index contributed by atoms with van der Waals surface area (Å²) in [5, 5.41) is 0. The van der Waals surface area contributed by atoms with Gasteiger partial charge in [-0.05, 0) is 24.0 Å². The van der Waals surface area contributed by atoms with Gasteiger partial charge in [0.05, 0.1) is 9.95 Å². The Morgan fingerprint density at radius 3 is 2.35 bits per heavy atom. The average molecular weight is 499 g/mol. The fourth-order valence-corrected chi connectivity index (χ4v) is 5.16. The lowest BCUT2D eigenvalue weighted by Crippen LogP contribution is -2.52. The molecule has 2 amide bonds. The number of hydrogen-bond acceptors (Lipinski definition) is 7. The van der Waals surface area contributed by atoms with E-state index in [0.29, 0.717) is 30.1 Å². The summed E-state index contributed by atoms with van der Waals surface area (Å²) in [6.45, 7) is 1.16. The lowest BCUT2D eigenvalue weighted by Gasteiger charge is -2.37. The SMILES string of the molecule is O=C(OCc1ccccc1)[C@@H]1COC(=O)N1C1CCN(C(=O)CSC(=S)c2ccccc2)CC1. The number of nitrogens with zero attached hydrogens (tertiary/aromatic N) is 2. The van der Waals surface area contributed by atoms with E-state index in [0.717, 1.165) is 11.1 Å². The summed E-state index contributed by atoms with van der Waals surface area (Å²) in [5.41, 5.74) is 1.82. The molecule has 7 nitrogen and oxygen atoms in total. The lowest BCUT2D eigenvalue weighted by atomic mass is 10.0. The first-order chi connectivity index (χ1) is 16.5. The van der Waals surface area contributed by atoms with E-state index in [1.165, 1.54) is 16.7 Å². The van der Waals surface area contributed by atoms with Gasteiger partial charge in [0.1, 0.15) is 13.2 Å². The molecule has 2 saturated heterocycles. The smallest absolute Gasteiger partial charge is 0.410 e. The number of amides is 2. The maximum absolute atomic E-state index is 12.7. The lowest BCUT2D eigenvalue weighted by molar-refractivity contribution is -0.150. The van der Waals surface area contributed by atoms with E-state index >= 15 is 0 Å². The van der Waals surface area contributed by atoms with Crippen LogP contribution in [-0.4, -0.2) is 69.5 Å². The molecule has 1 atom stereocenters. The van der Waals surface area contributed by atoms with Crippen LogP contribution < -0.4 is 0 Å². The molecule has 2 aromatic carbocycles. The van der Waals surface area contributed by atoms with Crippen LogP contribution in [0.5, 0.6) is 0 Å². The molecular weight excluding hydrogens is 472 g/mol. The summed E-state index contributed by atoms with van der Waals surface area (Å²) >= 11 is 6.79. The van der Waals surface area contributed by atoms with Gasteiger partial charge in [-0.1, -0.05) is 72.9 Å². The molecule has 2 aromatic rings. The van der Waals surface area contributed by atoms with Crippen LogP contribution in [0.1, 0.15) is 24.0 Å². The van der Waals surface area contributed by atoms with Gasteiger partial charge in [-0.25, -0.2) is 9.59 Å². The van der Waals surface area contributed by atoms with Crippen molar-refractivity contribution in [2.24, 2.45) is 0 Å². The average Bonchev–Trinajstić information content (AvgIpc) is 3.28. The molecule has 0 bridgehead atoms. The topological polar surface area (TPSA) is 76.2 Å². The Bertz CT molecular complexity index is 1030. The summed E-state index contributed by atoms with van der Waals surface area (Å²) in [4.78, 5) is 41.0. The van der Waals surface area contributed by atoms with Gasteiger partial charge in [0.15, 0.2) is 6.04 Å². The molecule has 0 N–H and O–H groups in total. The van der Waals surface area contributed by atoms with Gasteiger partial charge in [0.25, 0.3) is 0 Å². The second kappa shape index (κ2) is 11.5. The van der Waals surface area contributed by atoms with E-state index in [-0.39, 0.29) is 30.9 Å². The maximum atomic E-state index is 12.7. The predicted octanol–water partition coefficient (Wildman–Crippen LogP) is 3.65. The van der Waals surface area contributed by atoms with Gasteiger partial charge in [-0.3, -0.25) is 9.69 Å². The first-order valence-corrected chi connectivity index (χ1v) is 12.6. The maximum Gasteiger partial charge on any atom is 0.410 e. The number of ether oxygens (including phenoxy) is 2. The molecule has 2 fully saturated rings. The third kappa shape index (κ3) is 5.95. The molecule has 0 spiro atoms. The quantitative estimate of drug-likeness (QED) is 0.426. The highest BCUT2D eigenvalue weighted by atomic mass is 32.2. The Balaban J connectivity index is 1.26. The zero-order valence-electron chi connectivity index (χ0n) is 18.6. The molecule has 178 valence electrons. The van der Waals surface area contributed by atoms with Crippen molar-refractivity contribution in [3.63, 3.8) is 0 Å². The molecule has 2 aliphatic heterocycles. The molecular formula is C25H26N2O5S2. The molecule has 0 radical (unpaired) electrons. The summed E-state index contributed by atoms with van der Waals surface area (Å²) in [6, 6.07) is 18.1. The van der Waals surface area contributed by atoms with Crippen LogP contribution in [0.25, 0.3) is 0 Å². The molecule has 4 rings (SSSR count). The van der Waals surface area contributed by atoms with Crippen molar-refractivity contribution in [3.8, 4) is 0 Å². The number of thiocarbonyl (C=S) groups is 1. The second-order valence-electron chi connectivity index (χ2n) is 8.15. The number of likely N-dealkylation sites (tertiary alicyclic amines) is 1. The third-order valence-corrected chi connectivity index (χ3v) is 7.43. The number of thioether (sulfide) groups is 1. The Morgan fingerprint density at radius 2 is 1.68 bits per heavy atom. The first-order valence-electron chi connectivity index (χ1n) is 11.2. The number of carbonyl (C=O) groups is 3. The van der Waals surface area contributed by atoms with Crippen molar-refractivity contribution in [2.75, 3.05) is 25.4 Å². The summed E-state index contributed by atoms with van der Waals surface area (Å²) in [6.07, 6.45) is 0.656. The van der Waals surface area contributed by atoms with Crippen LogP contribution in [0, 0.1) is 0 Å². The fourth-order valence-electron chi connectivity index (χ4n) is 4.11. The van der Waals surface area contributed by atoms with Gasteiger partial charge < -0.3 is 14.4 Å². The Kier molecular flexibility index (Phi) is 8.18. The molecule has 2 aliphatic rings. The van der Waals surface area contributed by atoms with Crippen molar-refractivity contribution >= 4 is 46.1 Å². The Morgan fingerprint density at radius 1 is 1.03 bits per heavy atom. The molecule has 9 heteroatoms. The van der Waals surface area contributed by atoms with Gasteiger partial charge in [-0.15, -0.1) is 11.8 Å². The minimum absolute atomic E-state index is 0.0147. The fraction of sp³-hybridized carbons (Fsp3) is 0.360. The second-order valence-corrected chi connectivity index (χ2v) is 9.80. The number of piperidine rings is 1. The van der Waals surface area contributed by atoms with Gasteiger partial charge in [0.2, 0.25) is 5.91 Å². The van der Waals surface area contributed by atoms with Gasteiger partial charge >= 0.3 is 12.1 Å². The minimum atomic E-state index is -0.762. The Labute approximate surface area is 208 Å². The van der Waals surface area contributed by atoms with Crippen molar-refractivity contribution in [3.05, 3.63) is 71.8 Å². The number of carbonyl (C=O) groups excluding carboxylic acids is 3. The van der Waals surface area contributed by atoms with Crippen molar-refractivity contribution in [1.82, 2.24) is 9.80 Å². The van der Waals surface area contributed by atoms with E-state index in [9.17, 15) is 14.4 Å². The summed E-state index contributed by atoms with van der Waals surface area (Å²) in [7, 11) is 0. The number of esters is 1. The number of benzene rings is 2. The van der Waals surface area contributed by atoms with Gasteiger partial charge in [0, 0.05) is 19.1 Å². The zero-order chi connectivity index (χ0) is 23.9. The van der Waals surface area contributed by atoms with E-state index in [1.807, 2.05) is 60.7 Å². The predicted molar refractivity (Wildman–Crippen MR) is 133 cm³/mol. The highest BCUT2D eigenvalue weighted by Crippen LogP contribution is 2.25. The number of hydrogen-bond donors (Lipinski definition) is 0. The third-order valence-electron chi connectivity index (χ3n) is 5.95. The monoisotopic (exact) mass is 498 g/mol. The van der Waals surface area contributed by atoms with Crippen molar-refractivity contribution in [2.45, 2.75) is 31.5 Å². The standard InChI is InChI=1S/C25H26N2O5S2/c28-22(17-34-24(33)19-9-5-2-6-10-19)26-13-11-20(12-14-26)27-21(16-32-25(27)30)23(29)31-15-18-7-3-1-4-8-18/h1-10,20-21H,11-17H2/t21-/m0/s1. The van der Waals surface area contributed by atoms with Crippen LogP contribution in [-0.2, 0) is 25.7 Å². The van der Waals surface area contributed by atoms with Crippen LogP contribution in [0.4, 0.5) is 4.79 Å². The zero-order valence-corrected chi connectivity index (χ0v) is 20.3. The van der Waals surface area contributed by atoms with E-state index in [1.54, 1.807) is 4.90 Å². The molecule has 34 heavy (non-hydrogen) atoms. The molecule has 0 aliphatic carbocycles. The number of cyclic esters (lactones) is 1. The molecule has 0 unspecified atom stereocenters. The molecule has 2 heterocycles. The van der Waals surface area contributed by atoms with E-state index < -0.39 is 18.1 Å². The van der Waals surface area contributed by atoms with E-state index in [2.05, 4.69) is 0 Å². The summed E-state index contributed by atoms with van der Waals surface area (Å²) in [5.74, 6) is -0.179. The minimum Gasteiger partial charge on any atom is -0.459 e. The molecule has 0 aromatic heterocycles. The largest absolute Gasteiger partial charge is 0.459 e. The van der Waals surface area contributed by atoms with Crippen molar-refractivity contribution in [1.29, 1.82) is 0 Å². The summed E-state index contributed by atoms with van der Waals surface area (Å²) < 4.78 is 11.3. The van der Waals surface area contributed by atoms with E-state index in [4.69, 9.17) is 21.7 Å². The normalized spacial score (nSPS) is 18.5. The first kappa shape index (κ1) is 24.2. The highest BCUT2D eigenvalue weighted by Gasteiger charge is 2.44. The number of rotatable bonds is 7. The van der Waals surface area contributed by atoms with Crippen LogP contribution in [0.15, 0.2) is 60.7 Å². The van der Waals surface area contributed by atoms with Crippen molar-refractivity contribution < 1.29 is 23.9 Å². The Hall–Kier alpha value is -2.91. The highest BCUT2D eigenvalue weighted by molar-refractivity contribution is 8.24. The molecule has 0 saturated carbocycles. The van der Waals surface area contributed by atoms with Crippen LogP contribution >= 0.6 is 24.0 Å². The van der Waals surface area contributed by atoms with Gasteiger partial charge in [-0.2, -0.15) is 0 Å².